The fourth-order valence-corrected chi connectivity index (χ4v) is 2.33. The first kappa shape index (κ1) is 16.0. The van der Waals surface area contributed by atoms with Crippen LogP contribution in [0.25, 0.3) is 11.0 Å². The predicted molar refractivity (Wildman–Crippen MR) is 84.3 cm³/mol. The molecule has 0 bridgehead atoms. The summed E-state index contributed by atoms with van der Waals surface area (Å²) in [6.45, 7) is 1.89. The standard InChI is InChI=1S/C16H13F3N4O/c1-2-12-11-6-7-13(24)22-14(11)23-15(21-12)20-10-5-3-4-9(8-10)16(17,18)19/h3-8H,2H2,1H3,(H2,20,21,22,23,24). The van der Waals surface area contributed by atoms with Crippen LogP contribution in [0, 0.1) is 0 Å². The predicted octanol–water partition coefficient (Wildman–Crippen LogP) is 3.64. The third-order valence-corrected chi connectivity index (χ3v) is 3.45. The summed E-state index contributed by atoms with van der Waals surface area (Å²) in [5.41, 5.74) is 0.157. The highest BCUT2D eigenvalue weighted by atomic mass is 19.4. The number of benzene rings is 1. The Labute approximate surface area is 134 Å². The molecule has 0 saturated heterocycles. The van der Waals surface area contributed by atoms with Crippen LogP contribution in [0.15, 0.2) is 41.2 Å². The van der Waals surface area contributed by atoms with E-state index in [0.717, 1.165) is 12.1 Å². The van der Waals surface area contributed by atoms with Gasteiger partial charge in [-0.1, -0.05) is 13.0 Å². The van der Waals surface area contributed by atoms with E-state index in [0.29, 0.717) is 23.1 Å². The maximum atomic E-state index is 12.8. The average molecular weight is 334 g/mol. The molecule has 8 heteroatoms. The van der Waals surface area contributed by atoms with E-state index in [4.69, 9.17) is 0 Å². The summed E-state index contributed by atoms with van der Waals surface area (Å²) in [6.07, 6.45) is -3.84. The summed E-state index contributed by atoms with van der Waals surface area (Å²) in [5.74, 6) is 0.125. The lowest BCUT2D eigenvalue weighted by Crippen LogP contribution is -2.09. The van der Waals surface area contributed by atoms with Crippen molar-refractivity contribution in [3.05, 3.63) is 58.0 Å². The number of fused-ring (bicyclic) bond motifs is 1. The number of nitrogens with zero attached hydrogens (tertiary/aromatic N) is 2. The minimum atomic E-state index is -4.43. The first-order valence-corrected chi connectivity index (χ1v) is 7.21. The van der Waals surface area contributed by atoms with E-state index in [1.807, 2.05) is 6.92 Å². The van der Waals surface area contributed by atoms with Crippen LogP contribution in [-0.4, -0.2) is 15.0 Å². The number of aryl methyl sites for hydroxylation is 1. The molecule has 0 amide bonds. The average Bonchev–Trinajstić information content (AvgIpc) is 2.53. The molecule has 3 rings (SSSR count). The minimum Gasteiger partial charge on any atom is -0.324 e. The van der Waals surface area contributed by atoms with Crippen LogP contribution < -0.4 is 10.9 Å². The van der Waals surface area contributed by atoms with Gasteiger partial charge >= 0.3 is 6.18 Å². The van der Waals surface area contributed by atoms with Crippen molar-refractivity contribution in [1.82, 2.24) is 15.0 Å². The Morgan fingerprint density at radius 2 is 1.96 bits per heavy atom. The number of halogens is 3. The molecular weight excluding hydrogens is 321 g/mol. The molecule has 5 nitrogen and oxygen atoms in total. The lowest BCUT2D eigenvalue weighted by atomic mass is 10.2. The zero-order valence-electron chi connectivity index (χ0n) is 12.6. The van der Waals surface area contributed by atoms with Crippen LogP contribution in [0.4, 0.5) is 24.8 Å². The molecule has 0 aliphatic heterocycles. The number of aromatic amines is 1. The molecule has 0 unspecified atom stereocenters. The number of nitrogens with one attached hydrogen (secondary N) is 2. The molecular formula is C16H13F3N4O. The number of H-pyrrole nitrogens is 1. The molecule has 2 N–H and O–H groups in total. The van der Waals surface area contributed by atoms with E-state index < -0.39 is 11.7 Å². The largest absolute Gasteiger partial charge is 0.416 e. The molecule has 2 aromatic heterocycles. The van der Waals surface area contributed by atoms with Crippen LogP contribution in [0.3, 0.4) is 0 Å². The molecule has 124 valence electrons. The van der Waals surface area contributed by atoms with Crippen molar-refractivity contribution >= 4 is 22.7 Å². The van der Waals surface area contributed by atoms with Gasteiger partial charge in [0.25, 0.3) is 0 Å². The number of anilines is 2. The van der Waals surface area contributed by atoms with Gasteiger partial charge in [0, 0.05) is 17.1 Å². The number of rotatable bonds is 3. The van der Waals surface area contributed by atoms with Gasteiger partial charge in [0.15, 0.2) is 0 Å². The highest BCUT2D eigenvalue weighted by Crippen LogP contribution is 2.31. The molecule has 0 aliphatic rings. The summed E-state index contributed by atoms with van der Waals surface area (Å²) in [7, 11) is 0. The van der Waals surface area contributed by atoms with E-state index in [-0.39, 0.29) is 17.2 Å². The molecule has 0 saturated carbocycles. The molecule has 2 heterocycles. The van der Waals surface area contributed by atoms with E-state index in [1.165, 1.54) is 18.2 Å². The topological polar surface area (TPSA) is 70.7 Å². The van der Waals surface area contributed by atoms with Crippen molar-refractivity contribution in [2.45, 2.75) is 19.5 Å². The Hall–Kier alpha value is -2.90. The number of pyridine rings is 1. The van der Waals surface area contributed by atoms with Crippen molar-refractivity contribution in [2.75, 3.05) is 5.32 Å². The zero-order chi connectivity index (χ0) is 17.3. The second-order valence-corrected chi connectivity index (χ2v) is 5.14. The summed E-state index contributed by atoms with van der Waals surface area (Å²) in [5, 5.41) is 3.46. The van der Waals surface area contributed by atoms with Crippen LogP contribution in [0.1, 0.15) is 18.2 Å². The fourth-order valence-electron chi connectivity index (χ4n) is 2.33. The Morgan fingerprint density at radius 3 is 2.67 bits per heavy atom. The first-order chi connectivity index (χ1) is 11.4. The maximum absolute atomic E-state index is 12.8. The summed E-state index contributed by atoms with van der Waals surface area (Å²) < 4.78 is 38.3. The quantitative estimate of drug-likeness (QED) is 0.767. The summed E-state index contributed by atoms with van der Waals surface area (Å²) >= 11 is 0. The number of aromatic nitrogens is 3. The van der Waals surface area contributed by atoms with Gasteiger partial charge in [-0.25, -0.2) is 4.98 Å². The molecule has 1 aromatic carbocycles. The molecule has 0 atom stereocenters. The molecule has 3 aromatic rings. The Morgan fingerprint density at radius 1 is 1.17 bits per heavy atom. The lowest BCUT2D eigenvalue weighted by molar-refractivity contribution is -0.137. The molecule has 0 aliphatic carbocycles. The third kappa shape index (κ3) is 3.22. The molecule has 24 heavy (non-hydrogen) atoms. The van der Waals surface area contributed by atoms with Gasteiger partial charge in [-0.2, -0.15) is 18.2 Å². The molecule has 0 radical (unpaired) electrons. The van der Waals surface area contributed by atoms with Gasteiger partial charge in [-0.3, -0.25) is 4.79 Å². The second-order valence-electron chi connectivity index (χ2n) is 5.14. The Kier molecular flexibility index (Phi) is 3.96. The highest BCUT2D eigenvalue weighted by Gasteiger charge is 2.30. The van der Waals surface area contributed by atoms with E-state index in [1.54, 1.807) is 6.07 Å². The minimum absolute atomic E-state index is 0.125. The van der Waals surface area contributed by atoms with E-state index in [2.05, 4.69) is 20.3 Å². The van der Waals surface area contributed by atoms with Gasteiger partial charge in [0.2, 0.25) is 11.5 Å². The first-order valence-electron chi connectivity index (χ1n) is 7.21. The van der Waals surface area contributed by atoms with Gasteiger partial charge in [0.05, 0.1) is 11.3 Å². The monoisotopic (exact) mass is 334 g/mol. The zero-order valence-corrected chi connectivity index (χ0v) is 12.6. The fraction of sp³-hybridized carbons (Fsp3) is 0.188. The van der Waals surface area contributed by atoms with Gasteiger partial charge in [0.1, 0.15) is 5.65 Å². The Balaban J connectivity index is 2.03. The highest BCUT2D eigenvalue weighted by molar-refractivity contribution is 5.78. The molecule has 0 spiro atoms. The van der Waals surface area contributed by atoms with E-state index in [9.17, 15) is 18.0 Å². The van der Waals surface area contributed by atoms with Crippen LogP contribution in [-0.2, 0) is 12.6 Å². The van der Waals surface area contributed by atoms with Gasteiger partial charge in [-0.05, 0) is 30.7 Å². The normalized spacial score (nSPS) is 11.7. The maximum Gasteiger partial charge on any atom is 0.416 e. The van der Waals surface area contributed by atoms with Crippen molar-refractivity contribution in [3.63, 3.8) is 0 Å². The summed E-state index contributed by atoms with van der Waals surface area (Å²) in [4.78, 5) is 22.5. The Bertz CT molecular complexity index is 950. The van der Waals surface area contributed by atoms with Crippen LogP contribution in [0.2, 0.25) is 0 Å². The van der Waals surface area contributed by atoms with Crippen molar-refractivity contribution in [1.29, 1.82) is 0 Å². The number of hydrogen-bond acceptors (Lipinski definition) is 4. The van der Waals surface area contributed by atoms with Crippen LogP contribution >= 0.6 is 0 Å². The summed E-state index contributed by atoms with van der Waals surface area (Å²) in [6, 6.07) is 7.76. The van der Waals surface area contributed by atoms with Crippen LogP contribution in [0.5, 0.6) is 0 Å². The van der Waals surface area contributed by atoms with Crippen molar-refractivity contribution < 1.29 is 13.2 Å². The SMILES string of the molecule is CCc1nc(Nc2cccc(C(F)(F)F)c2)nc2[nH]c(=O)ccc12. The smallest absolute Gasteiger partial charge is 0.324 e. The van der Waals surface area contributed by atoms with Gasteiger partial charge in [-0.15, -0.1) is 0 Å². The number of hydrogen-bond donors (Lipinski definition) is 2. The second kappa shape index (κ2) is 5.95. The van der Waals surface area contributed by atoms with Crippen molar-refractivity contribution in [2.24, 2.45) is 0 Å². The van der Waals surface area contributed by atoms with E-state index >= 15 is 0 Å². The molecule has 0 fully saturated rings. The van der Waals surface area contributed by atoms with Crippen molar-refractivity contribution in [3.8, 4) is 0 Å². The van der Waals surface area contributed by atoms with Gasteiger partial charge < -0.3 is 10.3 Å². The third-order valence-electron chi connectivity index (χ3n) is 3.45. The lowest BCUT2D eigenvalue weighted by Gasteiger charge is -2.11. The number of alkyl halides is 3.